The molecule has 4 nitrogen and oxygen atoms in total. The first kappa shape index (κ1) is 18.3. The second-order valence-corrected chi connectivity index (χ2v) is 4.94. The van der Waals surface area contributed by atoms with Crippen molar-refractivity contribution in [2.45, 2.75) is 18.2 Å². The third-order valence-electron chi connectivity index (χ3n) is 3.60. The molecular formula is C17H20ClNO3. The summed E-state index contributed by atoms with van der Waals surface area (Å²) in [6.45, 7) is 0. The summed E-state index contributed by atoms with van der Waals surface area (Å²) >= 11 is 0. The first-order valence-electron chi connectivity index (χ1n) is 6.72. The minimum absolute atomic E-state index is 0. The SMILES string of the molecule is CO[C@@](N)(c1ccc(C=O)cc1)[C@@H](O)Cc1ccccc1.Cl. The molecule has 5 heteroatoms. The van der Waals surface area contributed by atoms with Gasteiger partial charge in [-0.05, 0) is 5.56 Å². The minimum Gasteiger partial charge on any atom is -0.388 e. The lowest BCUT2D eigenvalue weighted by atomic mass is 9.92. The Morgan fingerprint density at radius 2 is 1.77 bits per heavy atom. The van der Waals surface area contributed by atoms with Gasteiger partial charge in [-0.25, -0.2) is 0 Å². The topological polar surface area (TPSA) is 72.5 Å². The summed E-state index contributed by atoms with van der Waals surface area (Å²) in [5, 5.41) is 10.5. The molecule has 0 unspecified atom stereocenters. The summed E-state index contributed by atoms with van der Waals surface area (Å²) < 4.78 is 5.37. The molecule has 3 N–H and O–H groups in total. The van der Waals surface area contributed by atoms with Crippen LogP contribution >= 0.6 is 12.4 Å². The van der Waals surface area contributed by atoms with E-state index in [1.54, 1.807) is 24.3 Å². The number of nitrogens with two attached hydrogens (primary N) is 1. The van der Waals surface area contributed by atoms with Crippen molar-refractivity contribution in [2.75, 3.05) is 7.11 Å². The number of aldehydes is 1. The zero-order valence-electron chi connectivity index (χ0n) is 12.3. The van der Waals surface area contributed by atoms with Crippen LogP contribution in [-0.2, 0) is 16.9 Å². The van der Waals surface area contributed by atoms with Crippen LogP contribution in [0.2, 0.25) is 0 Å². The zero-order valence-corrected chi connectivity index (χ0v) is 13.1. The van der Waals surface area contributed by atoms with Crippen molar-refractivity contribution in [1.82, 2.24) is 0 Å². The van der Waals surface area contributed by atoms with Crippen molar-refractivity contribution in [3.63, 3.8) is 0 Å². The van der Waals surface area contributed by atoms with E-state index in [-0.39, 0.29) is 12.4 Å². The highest BCUT2D eigenvalue weighted by Crippen LogP contribution is 2.26. The molecule has 0 aliphatic heterocycles. The Morgan fingerprint density at radius 3 is 2.27 bits per heavy atom. The standard InChI is InChI=1S/C17H19NO3.ClH/c1-21-17(18,15-9-7-14(12-19)8-10-15)16(20)11-13-5-3-2-4-6-13;/h2-10,12,16,20H,11,18H2,1H3;1H/t16-,17-;/m0./s1. The van der Waals surface area contributed by atoms with E-state index in [1.165, 1.54) is 7.11 Å². The molecule has 2 aromatic rings. The molecule has 0 bridgehead atoms. The molecule has 2 aromatic carbocycles. The average molecular weight is 322 g/mol. The number of hydrogen-bond acceptors (Lipinski definition) is 4. The molecule has 22 heavy (non-hydrogen) atoms. The van der Waals surface area contributed by atoms with E-state index in [0.717, 1.165) is 11.8 Å². The fraction of sp³-hybridized carbons (Fsp3) is 0.235. The van der Waals surface area contributed by atoms with E-state index in [4.69, 9.17) is 10.5 Å². The monoisotopic (exact) mass is 321 g/mol. The number of rotatable bonds is 6. The lowest BCUT2D eigenvalue weighted by Gasteiger charge is -2.33. The summed E-state index contributed by atoms with van der Waals surface area (Å²) in [6, 6.07) is 16.3. The summed E-state index contributed by atoms with van der Waals surface area (Å²) in [7, 11) is 1.46. The Bertz CT molecular complexity index is 589. The van der Waals surface area contributed by atoms with Crippen molar-refractivity contribution in [1.29, 1.82) is 0 Å². The highest BCUT2D eigenvalue weighted by Gasteiger charge is 2.35. The highest BCUT2D eigenvalue weighted by molar-refractivity contribution is 5.85. The van der Waals surface area contributed by atoms with Gasteiger partial charge in [0.1, 0.15) is 12.4 Å². The Morgan fingerprint density at radius 1 is 1.18 bits per heavy atom. The lowest BCUT2D eigenvalue weighted by Crippen LogP contribution is -2.50. The number of ether oxygens (including phenoxy) is 1. The van der Waals surface area contributed by atoms with Crippen LogP contribution < -0.4 is 5.73 Å². The van der Waals surface area contributed by atoms with Gasteiger partial charge in [0.05, 0.1) is 0 Å². The van der Waals surface area contributed by atoms with Crippen LogP contribution in [0.5, 0.6) is 0 Å². The predicted octanol–water partition coefficient (Wildman–Crippen LogP) is 2.28. The van der Waals surface area contributed by atoms with Gasteiger partial charge < -0.3 is 9.84 Å². The van der Waals surface area contributed by atoms with Crippen LogP contribution in [0, 0.1) is 0 Å². The van der Waals surface area contributed by atoms with Gasteiger partial charge >= 0.3 is 0 Å². The number of benzene rings is 2. The fourth-order valence-corrected chi connectivity index (χ4v) is 2.26. The Labute approximate surface area is 136 Å². The molecule has 0 aromatic heterocycles. The summed E-state index contributed by atoms with van der Waals surface area (Å²) in [5.41, 5.74) is 7.07. The van der Waals surface area contributed by atoms with Gasteiger partial charge in [-0.15, -0.1) is 12.4 Å². The normalized spacial score (nSPS) is 14.5. The van der Waals surface area contributed by atoms with Crippen LogP contribution in [0.25, 0.3) is 0 Å². The van der Waals surface area contributed by atoms with Gasteiger partial charge in [0, 0.05) is 24.7 Å². The molecule has 2 rings (SSSR count). The minimum atomic E-state index is -1.32. The molecule has 0 saturated heterocycles. The van der Waals surface area contributed by atoms with Gasteiger partial charge in [0.2, 0.25) is 0 Å². The molecule has 2 atom stereocenters. The van der Waals surface area contributed by atoms with Crippen LogP contribution in [0.4, 0.5) is 0 Å². The Hall–Kier alpha value is -1.72. The summed E-state index contributed by atoms with van der Waals surface area (Å²) in [5.74, 6) is 0. The molecule has 0 saturated carbocycles. The van der Waals surface area contributed by atoms with Gasteiger partial charge in [-0.1, -0.05) is 54.6 Å². The van der Waals surface area contributed by atoms with Crippen LogP contribution in [0.3, 0.4) is 0 Å². The van der Waals surface area contributed by atoms with E-state index in [1.807, 2.05) is 30.3 Å². The second-order valence-electron chi connectivity index (χ2n) is 4.94. The maximum atomic E-state index is 10.7. The largest absolute Gasteiger partial charge is 0.388 e. The number of aliphatic hydroxyl groups excluding tert-OH is 1. The molecule has 0 aliphatic carbocycles. The summed E-state index contributed by atoms with van der Waals surface area (Å²) in [6.07, 6.45) is 0.225. The lowest BCUT2D eigenvalue weighted by molar-refractivity contribution is -0.104. The van der Waals surface area contributed by atoms with Gasteiger partial charge in [0.25, 0.3) is 0 Å². The van der Waals surface area contributed by atoms with Crippen molar-refractivity contribution < 1.29 is 14.6 Å². The molecular weight excluding hydrogens is 302 g/mol. The number of carbonyl (C=O) groups excluding carboxylic acids is 1. The molecule has 0 amide bonds. The maximum absolute atomic E-state index is 10.7. The second kappa shape index (κ2) is 8.06. The maximum Gasteiger partial charge on any atom is 0.168 e. The molecule has 0 aliphatic rings. The molecule has 0 spiro atoms. The quantitative estimate of drug-likeness (QED) is 0.632. The molecule has 0 radical (unpaired) electrons. The Balaban J connectivity index is 0.00000242. The third-order valence-corrected chi connectivity index (χ3v) is 3.60. The van der Waals surface area contributed by atoms with E-state index in [2.05, 4.69) is 0 Å². The van der Waals surface area contributed by atoms with E-state index in [9.17, 15) is 9.90 Å². The van der Waals surface area contributed by atoms with Gasteiger partial charge in [-0.3, -0.25) is 10.5 Å². The van der Waals surface area contributed by atoms with E-state index < -0.39 is 11.8 Å². The van der Waals surface area contributed by atoms with Crippen LogP contribution in [-0.4, -0.2) is 24.6 Å². The number of aliphatic hydroxyl groups is 1. The average Bonchev–Trinajstić information content (AvgIpc) is 2.55. The van der Waals surface area contributed by atoms with Gasteiger partial charge in [0.15, 0.2) is 5.72 Å². The van der Waals surface area contributed by atoms with E-state index >= 15 is 0 Å². The van der Waals surface area contributed by atoms with Crippen LogP contribution in [0.15, 0.2) is 54.6 Å². The smallest absolute Gasteiger partial charge is 0.168 e. The molecule has 0 heterocycles. The van der Waals surface area contributed by atoms with Crippen molar-refractivity contribution in [2.24, 2.45) is 5.73 Å². The van der Waals surface area contributed by atoms with Gasteiger partial charge in [-0.2, -0.15) is 0 Å². The number of carbonyl (C=O) groups is 1. The van der Waals surface area contributed by atoms with E-state index in [0.29, 0.717) is 17.5 Å². The van der Waals surface area contributed by atoms with Crippen molar-refractivity contribution in [3.05, 3.63) is 71.3 Å². The molecule has 0 fully saturated rings. The van der Waals surface area contributed by atoms with Crippen molar-refractivity contribution in [3.8, 4) is 0 Å². The zero-order chi connectivity index (χ0) is 15.3. The number of halogens is 1. The Kier molecular flexibility index (Phi) is 6.71. The number of hydrogen-bond donors (Lipinski definition) is 2. The number of methoxy groups -OCH3 is 1. The predicted molar refractivity (Wildman–Crippen MR) is 88.1 cm³/mol. The van der Waals surface area contributed by atoms with Crippen molar-refractivity contribution >= 4 is 18.7 Å². The third kappa shape index (κ3) is 3.93. The highest BCUT2D eigenvalue weighted by atomic mass is 35.5. The fourth-order valence-electron chi connectivity index (χ4n) is 2.26. The first-order valence-corrected chi connectivity index (χ1v) is 6.72. The molecule has 118 valence electrons. The summed E-state index contributed by atoms with van der Waals surface area (Å²) in [4.78, 5) is 10.7. The first-order chi connectivity index (χ1) is 10.1. The van der Waals surface area contributed by atoms with Crippen LogP contribution in [0.1, 0.15) is 21.5 Å².